The number of fused-ring (bicyclic) bond motifs is 3. The molecule has 0 fully saturated rings. The summed E-state index contributed by atoms with van der Waals surface area (Å²) >= 11 is 0. The van der Waals surface area contributed by atoms with Crippen LogP contribution < -0.4 is 10.3 Å². The molecule has 0 saturated heterocycles. The van der Waals surface area contributed by atoms with E-state index in [0.29, 0.717) is 22.6 Å². The number of hydrogen-bond donors (Lipinski definition) is 0. The summed E-state index contributed by atoms with van der Waals surface area (Å²) in [4.78, 5) is 43.2. The van der Waals surface area contributed by atoms with E-state index >= 15 is 0 Å². The molecule has 6 nitrogen and oxygen atoms in total. The van der Waals surface area contributed by atoms with Gasteiger partial charge >= 0.3 is 0 Å². The zero-order chi connectivity index (χ0) is 17.8. The lowest BCUT2D eigenvalue weighted by Gasteiger charge is -2.15. The van der Waals surface area contributed by atoms with Crippen molar-refractivity contribution in [1.29, 1.82) is 0 Å². The Morgan fingerprint density at radius 1 is 0.808 bits per heavy atom. The molecule has 0 spiro atoms. The highest BCUT2D eigenvalue weighted by Gasteiger charge is 2.38. The highest BCUT2D eigenvalue weighted by molar-refractivity contribution is 6.34. The largest absolute Gasteiger partial charge is 0.453 e. The zero-order valence-electron chi connectivity index (χ0n) is 13.3. The normalized spacial score (nSPS) is 13.6. The van der Waals surface area contributed by atoms with Crippen molar-refractivity contribution in [3.63, 3.8) is 0 Å². The van der Waals surface area contributed by atoms with Gasteiger partial charge in [-0.25, -0.2) is 9.88 Å². The lowest BCUT2D eigenvalue weighted by molar-refractivity contribution is 0.0926. The summed E-state index contributed by atoms with van der Waals surface area (Å²) in [7, 11) is 0. The van der Waals surface area contributed by atoms with Gasteiger partial charge in [-0.2, -0.15) is 0 Å². The Kier molecular flexibility index (Phi) is 2.85. The van der Waals surface area contributed by atoms with Crippen LogP contribution in [-0.4, -0.2) is 16.8 Å². The summed E-state index contributed by atoms with van der Waals surface area (Å²) in [6.07, 6.45) is 0. The fraction of sp³-hybridized carbons (Fsp3) is 0. The molecule has 2 aliphatic heterocycles. The molecule has 5 rings (SSSR count). The first-order chi connectivity index (χ1) is 12.6. The average Bonchev–Trinajstić information content (AvgIpc) is 2.91. The average molecular weight is 342 g/mol. The van der Waals surface area contributed by atoms with Gasteiger partial charge in [-0.05, 0) is 30.3 Å². The van der Waals surface area contributed by atoms with Crippen LogP contribution in [0.5, 0.6) is 0 Å². The minimum atomic E-state index is -0.514. The molecule has 2 aromatic rings. The van der Waals surface area contributed by atoms with E-state index in [4.69, 9.17) is 4.42 Å². The van der Waals surface area contributed by atoms with Crippen LogP contribution >= 0.6 is 0 Å². The Morgan fingerprint density at radius 3 is 2.19 bits per heavy atom. The summed E-state index contributed by atoms with van der Waals surface area (Å²) in [5.74, 6) is -0.728. The second-order valence-electron chi connectivity index (χ2n) is 5.96. The Balaban J connectivity index is 1.73. The fourth-order valence-electron chi connectivity index (χ4n) is 3.17. The highest BCUT2D eigenvalue weighted by Crippen LogP contribution is 2.30. The molecular formula is C20H10N2O4. The van der Waals surface area contributed by atoms with Crippen LogP contribution in [0.25, 0.3) is 22.6 Å². The predicted octanol–water partition coefficient (Wildman–Crippen LogP) is 3.09. The molecule has 26 heavy (non-hydrogen) atoms. The maximum absolute atomic E-state index is 12.6. The summed E-state index contributed by atoms with van der Waals surface area (Å²) in [5.41, 5.74) is 1.63. The Labute approximate surface area is 146 Å². The van der Waals surface area contributed by atoms with Gasteiger partial charge in [0.1, 0.15) is 16.9 Å². The number of carbonyl (C=O) groups is 2. The van der Waals surface area contributed by atoms with Gasteiger partial charge in [0.2, 0.25) is 5.43 Å². The van der Waals surface area contributed by atoms with Crippen LogP contribution in [0.3, 0.4) is 0 Å². The second kappa shape index (κ2) is 5.10. The number of carbonyl (C=O) groups excluding carboxylic acids is 2. The van der Waals surface area contributed by atoms with Gasteiger partial charge in [0, 0.05) is 6.07 Å². The van der Waals surface area contributed by atoms with Crippen LogP contribution in [0.2, 0.25) is 0 Å². The van der Waals surface area contributed by atoms with Crippen LogP contribution in [0, 0.1) is 0 Å². The van der Waals surface area contributed by atoms with E-state index in [1.807, 2.05) is 12.1 Å². The third kappa shape index (κ3) is 1.92. The Bertz CT molecular complexity index is 1220. The number of rotatable bonds is 1. The van der Waals surface area contributed by atoms with Crippen molar-refractivity contribution in [2.24, 2.45) is 0 Å². The van der Waals surface area contributed by atoms with Crippen molar-refractivity contribution in [2.45, 2.75) is 0 Å². The molecule has 0 radical (unpaired) electrons. The molecule has 0 unspecified atom stereocenters. The van der Waals surface area contributed by atoms with E-state index in [2.05, 4.69) is 4.98 Å². The van der Waals surface area contributed by atoms with Gasteiger partial charge < -0.3 is 4.42 Å². The van der Waals surface area contributed by atoms with Crippen molar-refractivity contribution in [1.82, 2.24) is 4.98 Å². The number of imide groups is 1. The number of hydrogen-bond acceptors (Lipinski definition) is 5. The van der Waals surface area contributed by atoms with Gasteiger partial charge in [-0.3, -0.25) is 14.4 Å². The molecule has 6 heteroatoms. The van der Waals surface area contributed by atoms with Crippen LogP contribution in [-0.2, 0) is 0 Å². The van der Waals surface area contributed by atoms with Crippen LogP contribution in [0.4, 0.5) is 5.69 Å². The monoisotopic (exact) mass is 342 g/mol. The molecule has 0 aromatic heterocycles. The van der Waals surface area contributed by atoms with Crippen LogP contribution in [0.15, 0.2) is 69.9 Å². The lowest BCUT2D eigenvalue weighted by atomic mass is 10.1. The molecule has 1 aliphatic carbocycles. The number of amides is 2. The highest BCUT2D eigenvalue weighted by atomic mass is 16.3. The van der Waals surface area contributed by atoms with Crippen molar-refractivity contribution in [3.8, 4) is 11.5 Å². The molecule has 2 heterocycles. The topological polar surface area (TPSA) is 80.5 Å². The molecule has 2 amide bonds. The zero-order valence-corrected chi connectivity index (χ0v) is 13.3. The molecule has 3 aliphatic rings. The second-order valence-corrected chi connectivity index (χ2v) is 5.96. The predicted molar refractivity (Wildman–Crippen MR) is 94.5 cm³/mol. The SMILES string of the molecule is O=C1c2ccccc2C(=O)N1c1cc2nc3ccccc3oc-2cc1=O. The van der Waals surface area contributed by atoms with Crippen molar-refractivity contribution >= 4 is 28.6 Å². The molecule has 2 aromatic carbocycles. The number of nitrogens with zero attached hydrogens (tertiary/aromatic N) is 2. The van der Waals surface area contributed by atoms with E-state index in [9.17, 15) is 14.4 Å². The maximum atomic E-state index is 12.6. The molecule has 0 bridgehead atoms. The van der Waals surface area contributed by atoms with Crippen molar-refractivity contribution in [2.75, 3.05) is 4.90 Å². The quantitative estimate of drug-likeness (QED) is 0.392. The number of anilines is 1. The molecule has 0 N–H and O–H groups in total. The van der Waals surface area contributed by atoms with E-state index in [-0.39, 0.29) is 16.8 Å². The maximum Gasteiger partial charge on any atom is 0.266 e. The van der Waals surface area contributed by atoms with Gasteiger partial charge in [0.05, 0.1) is 11.1 Å². The van der Waals surface area contributed by atoms with Crippen molar-refractivity contribution in [3.05, 3.63) is 82.0 Å². The Hall–Kier alpha value is -3.80. The molecular weight excluding hydrogens is 332 g/mol. The first kappa shape index (κ1) is 14.5. The van der Waals surface area contributed by atoms with E-state index in [0.717, 1.165) is 4.90 Å². The third-order valence-electron chi connectivity index (χ3n) is 4.40. The van der Waals surface area contributed by atoms with Gasteiger partial charge in [0.15, 0.2) is 11.3 Å². The smallest absolute Gasteiger partial charge is 0.266 e. The number of benzene rings is 3. The molecule has 0 atom stereocenters. The van der Waals surface area contributed by atoms with Crippen LogP contribution in [0.1, 0.15) is 20.7 Å². The summed E-state index contributed by atoms with van der Waals surface area (Å²) in [5, 5.41) is 0. The minimum absolute atomic E-state index is 0.0262. The summed E-state index contributed by atoms with van der Waals surface area (Å²) < 4.78 is 5.71. The fourth-order valence-corrected chi connectivity index (χ4v) is 3.17. The first-order valence-electron chi connectivity index (χ1n) is 7.95. The minimum Gasteiger partial charge on any atom is -0.453 e. The number of para-hydroxylation sites is 2. The van der Waals surface area contributed by atoms with E-state index < -0.39 is 17.2 Å². The van der Waals surface area contributed by atoms with Crippen molar-refractivity contribution < 1.29 is 14.0 Å². The molecule has 0 saturated carbocycles. The standard InChI is InChI=1S/C20H10N2O4/c23-16-10-18-14(21-13-7-3-4-8-17(13)26-18)9-15(16)22-19(24)11-5-1-2-6-12(11)20(22)25/h1-10H. The van der Waals surface area contributed by atoms with Gasteiger partial charge in [-0.15, -0.1) is 0 Å². The Morgan fingerprint density at radius 2 is 1.46 bits per heavy atom. The third-order valence-corrected chi connectivity index (χ3v) is 4.40. The van der Waals surface area contributed by atoms with E-state index in [1.54, 1.807) is 36.4 Å². The lowest BCUT2D eigenvalue weighted by Crippen LogP contribution is -2.33. The molecule has 124 valence electrons. The summed E-state index contributed by atoms with van der Waals surface area (Å²) in [6, 6.07) is 16.4. The van der Waals surface area contributed by atoms with Gasteiger partial charge in [0.25, 0.3) is 11.8 Å². The van der Waals surface area contributed by atoms with E-state index in [1.165, 1.54) is 12.1 Å². The number of aromatic nitrogens is 1. The first-order valence-corrected chi connectivity index (χ1v) is 7.95. The summed E-state index contributed by atoms with van der Waals surface area (Å²) in [6.45, 7) is 0. The van der Waals surface area contributed by atoms with Gasteiger partial charge in [-0.1, -0.05) is 24.3 Å².